The van der Waals surface area contributed by atoms with E-state index < -0.39 is 65.9 Å². The topological polar surface area (TPSA) is 212 Å². The lowest BCUT2D eigenvalue weighted by Gasteiger charge is -2.62. The minimum atomic E-state index is -1.45. The van der Waals surface area contributed by atoms with Gasteiger partial charge in [0, 0.05) is 17.5 Å². The van der Waals surface area contributed by atoms with Gasteiger partial charge in [-0.25, -0.2) is 0 Å². The molecule has 1 aromatic carbocycles. The normalized spacial score (nSPS) is 29.8. The number of hydrogen-bond acceptors (Lipinski definition) is 11. The molecule has 0 radical (unpaired) electrons. The first kappa shape index (κ1) is 27.1. The first-order chi connectivity index (χ1) is 18.4. The van der Waals surface area contributed by atoms with E-state index in [1.165, 1.54) is 0 Å². The monoisotopic (exact) mass is 545 g/mol. The maximum Gasteiger partial charge on any atom is 0.321 e. The number of carboxylic acid groups (broad SMARTS) is 2. The Bertz CT molecular complexity index is 1280. The fraction of sp³-hybridized carbons (Fsp3) is 0.538. The summed E-state index contributed by atoms with van der Waals surface area (Å²) in [5.74, 6) is -3.74. The number of piperidine rings is 1. The maximum atomic E-state index is 13.2. The number of carbonyl (C=O) groups is 4. The first-order valence-electron chi connectivity index (χ1n) is 12.7. The number of carbonyl (C=O) groups excluding carboxylic acids is 2. The van der Waals surface area contributed by atoms with E-state index in [1.54, 1.807) is 12.1 Å². The van der Waals surface area contributed by atoms with E-state index in [0.717, 1.165) is 11.1 Å². The van der Waals surface area contributed by atoms with Crippen molar-refractivity contribution in [2.24, 2.45) is 11.5 Å². The largest absolute Gasteiger partial charge is 0.481 e. The van der Waals surface area contributed by atoms with Crippen molar-refractivity contribution in [3.63, 3.8) is 0 Å². The zero-order valence-corrected chi connectivity index (χ0v) is 21.3. The Morgan fingerprint density at radius 3 is 2.44 bits per heavy atom. The summed E-state index contributed by atoms with van der Waals surface area (Å²) in [7, 11) is 1.92. The summed E-state index contributed by atoms with van der Waals surface area (Å²) in [6.07, 6.45) is 0.605. The lowest BCUT2D eigenvalue weighted by atomic mass is 9.50. The predicted molar refractivity (Wildman–Crippen MR) is 131 cm³/mol. The molecular formula is C26H31N3O10. The second-order valence-electron chi connectivity index (χ2n) is 10.6. The number of aliphatic hydroxyl groups excluding tert-OH is 1. The molecule has 1 aromatic rings. The molecular weight excluding hydrogens is 514 g/mol. The van der Waals surface area contributed by atoms with Crippen molar-refractivity contribution in [1.29, 1.82) is 0 Å². The molecule has 2 aliphatic heterocycles. The van der Waals surface area contributed by atoms with E-state index in [2.05, 4.69) is 4.90 Å². The van der Waals surface area contributed by atoms with Crippen molar-refractivity contribution in [2.75, 3.05) is 13.6 Å². The highest BCUT2D eigenvalue weighted by molar-refractivity contribution is 5.83. The highest BCUT2D eigenvalue weighted by atomic mass is 16.6. The number of aliphatic carboxylic acids is 2. The summed E-state index contributed by atoms with van der Waals surface area (Å²) < 4.78 is 18.4. The number of benzene rings is 1. The number of nitrogens with zero attached hydrogens (tertiary/aromatic N) is 1. The van der Waals surface area contributed by atoms with Crippen LogP contribution >= 0.6 is 0 Å². The molecule has 5 rings (SSSR count). The molecule has 0 amide bonds. The van der Waals surface area contributed by atoms with E-state index in [0.29, 0.717) is 30.7 Å². The van der Waals surface area contributed by atoms with Gasteiger partial charge in [0.1, 0.15) is 29.2 Å². The summed E-state index contributed by atoms with van der Waals surface area (Å²) in [5.41, 5.74) is 11.1. The number of hydrogen-bond donors (Lipinski definition) is 5. The number of carboxylic acids is 2. The Hall–Kier alpha value is -3.52. The van der Waals surface area contributed by atoms with Gasteiger partial charge in [-0.1, -0.05) is 12.1 Å². The highest BCUT2D eigenvalue weighted by Gasteiger charge is 2.74. The summed E-state index contributed by atoms with van der Waals surface area (Å²) in [5, 5.41) is 28.4. The number of likely N-dealkylation sites (tertiary alicyclic amines) is 1. The van der Waals surface area contributed by atoms with Gasteiger partial charge in [-0.3, -0.25) is 24.1 Å². The smallest absolute Gasteiger partial charge is 0.321 e. The SMILES string of the molecule is CN1CC[C@]23c4c5ccc(CO)c4O[C@H]2C(OC(=O)C[C@H](N)C(=O)O)=CC[C@@]3(OC(=O)C[C@H](N)C(=O)O)[C@H]1C5. The Balaban J connectivity index is 1.62. The van der Waals surface area contributed by atoms with Gasteiger partial charge in [-0.15, -0.1) is 0 Å². The van der Waals surface area contributed by atoms with Gasteiger partial charge in [-0.2, -0.15) is 0 Å². The molecule has 13 nitrogen and oxygen atoms in total. The summed E-state index contributed by atoms with van der Waals surface area (Å²) in [6.45, 7) is 0.271. The van der Waals surface area contributed by atoms with Crippen LogP contribution in [0, 0.1) is 0 Å². The lowest BCUT2D eigenvalue weighted by Crippen LogP contribution is -2.75. The van der Waals surface area contributed by atoms with E-state index >= 15 is 0 Å². The minimum absolute atomic E-state index is 0.117. The molecule has 0 aromatic heterocycles. The number of aliphatic hydroxyl groups is 1. The number of nitrogens with two attached hydrogens (primary N) is 2. The van der Waals surface area contributed by atoms with Crippen LogP contribution < -0.4 is 16.2 Å². The Morgan fingerprint density at radius 2 is 1.79 bits per heavy atom. The summed E-state index contributed by atoms with van der Waals surface area (Å²) >= 11 is 0. The Kier molecular flexibility index (Phi) is 6.66. The molecule has 13 heteroatoms. The molecule has 4 aliphatic rings. The van der Waals surface area contributed by atoms with Gasteiger partial charge < -0.3 is 41.0 Å². The standard InChI is InChI=1S/C26H31N3O10/c1-29-7-6-25-20-12-2-3-13(11-30)21(20)38-22(25)16(37-18(31)9-14(27)23(33)34)4-5-26(25,17(29)8-12)39-19(32)10-15(28)24(35)36/h2-4,14-15,17,22,30H,5-11,27-28H2,1H3,(H,33,34)(H,35,36)/t14-,15-,17+,22-,25-,26+/m0/s1. The highest BCUT2D eigenvalue weighted by Crippen LogP contribution is 2.65. The molecule has 1 saturated heterocycles. The first-order valence-corrected chi connectivity index (χ1v) is 12.7. The third kappa shape index (κ3) is 3.99. The van der Waals surface area contributed by atoms with Crippen LogP contribution in [0.2, 0.25) is 0 Å². The van der Waals surface area contributed by atoms with Crippen molar-refractivity contribution in [3.05, 3.63) is 40.7 Å². The molecule has 1 spiro atoms. The molecule has 0 unspecified atom stereocenters. The average Bonchev–Trinajstić information content (AvgIpc) is 3.23. The molecule has 2 aliphatic carbocycles. The molecule has 6 atom stereocenters. The molecule has 2 bridgehead atoms. The van der Waals surface area contributed by atoms with Gasteiger partial charge in [0.05, 0.1) is 30.9 Å². The van der Waals surface area contributed by atoms with Gasteiger partial charge >= 0.3 is 23.9 Å². The molecule has 39 heavy (non-hydrogen) atoms. The van der Waals surface area contributed by atoms with Crippen LogP contribution in [0.5, 0.6) is 5.75 Å². The molecule has 210 valence electrons. The second kappa shape index (κ2) is 9.59. The van der Waals surface area contributed by atoms with Gasteiger partial charge in [0.15, 0.2) is 6.10 Å². The third-order valence-electron chi connectivity index (χ3n) is 8.52. The maximum absolute atomic E-state index is 13.2. The van der Waals surface area contributed by atoms with Crippen LogP contribution in [-0.2, 0) is 47.1 Å². The lowest BCUT2D eigenvalue weighted by molar-refractivity contribution is -0.206. The van der Waals surface area contributed by atoms with E-state index in [1.807, 2.05) is 13.1 Å². The van der Waals surface area contributed by atoms with Crippen LogP contribution in [0.4, 0.5) is 0 Å². The van der Waals surface area contributed by atoms with Gasteiger partial charge in [-0.05, 0) is 38.1 Å². The van der Waals surface area contributed by atoms with Crippen LogP contribution in [0.1, 0.15) is 42.4 Å². The molecule has 2 heterocycles. The Morgan fingerprint density at radius 1 is 1.13 bits per heavy atom. The fourth-order valence-corrected chi connectivity index (χ4v) is 6.75. The second-order valence-corrected chi connectivity index (χ2v) is 10.6. The average molecular weight is 546 g/mol. The Labute approximate surface area is 223 Å². The minimum Gasteiger partial charge on any atom is -0.481 e. The third-order valence-corrected chi connectivity index (χ3v) is 8.52. The van der Waals surface area contributed by atoms with E-state index in [9.17, 15) is 29.4 Å². The number of rotatable bonds is 9. The number of ether oxygens (including phenoxy) is 3. The van der Waals surface area contributed by atoms with Crippen LogP contribution in [0.15, 0.2) is 24.0 Å². The fourth-order valence-electron chi connectivity index (χ4n) is 6.75. The van der Waals surface area contributed by atoms with Crippen molar-refractivity contribution in [1.82, 2.24) is 4.90 Å². The zero-order chi connectivity index (χ0) is 28.3. The van der Waals surface area contributed by atoms with E-state index in [4.69, 9.17) is 30.8 Å². The number of likely N-dealkylation sites (N-methyl/N-ethyl adjacent to an activating group) is 1. The predicted octanol–water partition coefficient (Wildman–Crippen LogP) is -0.845. The van der Waals surface area contributed by atoms with Crippen molar-refractivity contribution in [3.8, 4) is 5.75 Å². The van der Waals surface area contributed by atoms with Crippen molar-refractivity contribution in [2.45, 2.75) is 74.0 Å². The van der Waals surface area contributed by atoms with Crippen LogP contribution in [0.3, 0.4) is 0 Å². The molecule has 1 fully saturated rings. The van der Waals surface area contributed by atoms with E-state index in [-0.39, 0.29) is 24.8 Å². The number of esters is 2. The van der Waals surface area contributed by atoms with Crippen LogP contribution in [-0.4, -0.2) is 87.5 Å². The van der Waals surface area contributed by atoms with Gasteiger partial charge in [0.25, 0.3) is 0 Å². The van der Waals surface area contributed by atoms with Gasteiger partial charge in [0.2, 0.25) is 0 Å². The van der Waals surface area contributed by atoms with Crippen molar-refractivity contribution < 1.29 is 48.7 Å². The summed E-state index contributed by atoms with van der Waals surface area (Å²) in [6, 6.07) is 0.460. The van der Waals surface area contributed by atoms with Crippen LogP contribution in [0.25, 0.3) is 0 Å². The molecule has 7 N–H and O–H groups in total. The molecule has 0 saturated carbocycles. The van der Waals surface area contributed by atoms with Crippen molar-refractivity contribution >= 4 is 23.9 Å². The zero-order valence-electron chi connectivity index (χ0n) is 21.3. The quantitative estimate of drug-likeness (QED) is 0.240. The summed E-state index contributed by atoms with van der Waals surface area (Å²) in [4.78, 5) is 50.4.